The number of halogens is 1. The van der Waals surface area contributed by atoms with E-state index in [4.69, 9.17) is 9.47 Å². The first-order chi connectivity index (χ1) is 14.2. The van der Waals surface area contributed by atoms with Crippen molar-refractivity contribution >= 4 is 17.9 Å². The van der Waals surface area contributed by atoms with E-state index in [0.29, 0.717) is 29.1 Å². The molecule has 0 N–H and O–H groups in total. The lowest BCUT2D eigenvalue weighted by Gasteiger charge is -2.24. The van der Waals surface area contributed by atoms with Gasteiger partial charge in [-0.3, -0.25) is 4.79 Å². The van der Waals surface area contributed by atoms with Crippen LogP contribution in [0.5, 0.6) is 5.75 Å². The van der Waals surface area contributed by atoms with E-state index in [1.54, 1.807) is 6.08 Å². The summed E-state index contributed by atoms with van der Waals surface area (Å²) in [5, 5.41) is 0. The van der Waals surface area contributed by atoms with E-state index in [0.717, 1.165) is 28.7 Å². The number of hydrogen-bond acceptors (Lipinski definition) is 5. The zero-order chi connectivity index (χ0) is 22.6. The highest BCUT2D eigenvalue weighted by Crippen LogP contribution is 2.41. The Morgan fingerprint density at radius 2 is 1.93 bits per heavy atom. The SMILES string of the molecule is C=Cc1c(N(C)C)nc(C)c(CC(=O)OC)c1-c1cc(F)c(OC)c(CCC)c1C. The minimum absolute atomic E-state index is 0.0371. The smallest absolute Gasteiger partial charge is 0.310 e. The maximum Gasteiger partial charge on any atom is 0.310 e. The topological polar surface area (TPSA) is 51.7 Å². The summed E-state index contributed by atoms with van der Waals surface area (Å²) < 4.78 is 25.4. The van der Waals surface area contributed by atoms with Gasteiger partial charge < -0.3 is 14.4 Å². The van der Waals surface area contributed by atoms with Crippen molar-refractivity contribution in [1.82, 2.24) is 4.98 Å². The molecular formula is C24H31FN2O3. The molecule has 1 heterocycles. The second-order valence-corrected chi connectivity index (χ2v) is 7.43. The largest absolute Gasteiger partial charge is 0.493 e. The van der Waals surface area contributed by atoms with Gasteiger partial charge >= 0.3 is 5.97 Å². The van der Waals surface area contributed by atoms with E-state index >= 15 is 4.39 Å². The molecule has 1 aromatic heterocycles. The number of ether oxygens (including phenoxy) is 2. The normalized spacial score (nSPS) is 10.7. The van der Waals surface area contributed by atoms with Crippen molar-refractivity contribution < 1.29 is 18.7 Å². The molecule has 0 unspecified atom stereocenters. The fourth-order valence-electron chi connectivity index (χ4n) is 3.83. The van der Waals surface area contributed by atoms with Crippen LogP contribution in [0.15, 0.2) is 12.6 Å². The molecule has 0 bridgehead atoms. The molecule has 0 aliphatic carbocycles. The Balaban J connectivity index is 3.01. The number of methoxy groups -OCH3 is 2. The van der Waals surface area contributed by atoms with Crippen LogP contribution in [0, 0.1) is 19.7 Å². The molecule has 5 nitrogen and oxygen atoms in total. The molecule has 0 fully saturated rings. The van der Waals surface area contributed by atoms with Crippen molar-refractivity contribution in [2.75, 3.05) is 33.2 Å². The molecule has 0 radical (unpaired) electrons. The van der Waals surface area contributed by atoms with Gasteiger partial charge in [-0.05, 0) is 48.6 Å². The molecule has 0 amide bonds. The second kappa shape index (κ2) is 9.74. The van der Waals surface area contributed by atoms with Crippen molar-refractivity contribution in [1.29, 1.82) is 0 Å². The molecule has 0 atom stereocenters. The van der Waals surface area contributed by atoms with Gasteiger partial charge in [-0.15, -0.1) is 0 Å². The molecule has 0 aliphatic rings. The number of nitrogens with zero attached hydrogens (tertiary/aromatic N) is 2. The van der Waals surface area contributed by atoms with Gasteiger partial charge in [-0.2, -0.15) is 0 Å². The molecule has 0 saturated heterocycles. The lowest BCUT2D eigenvalue weighted by atomic mass is 9.86. The van der Waals surface area contributed by atoms with Crippen molar-refractivity contribution in [2.24, 2.45) is 0 Å². The predicted octanol–water partition coefficient (Wildman–Crippen LogP) is 4.89. The first-order valence-electron chi connectivity index (χ1n) is 9.98. The van der Waals surface area contributed by atoms with Crippen molar-refractivity contribution in [3.63, 3.8) is 0 Å². The highest BCUT2D eigenvalue weighted by molar-refractivity contribution is 5.89. The number of esters is 1. The first kappa shape index (κ1) is 23.4. The Kier molecular flexibility index (Phi) is 7.59. The number of hydrogen-bond donors (Lipinski definition) is 0. The number of rotatable bonds is 8. The summed E-state index contributed by atoms with van der Waals surface area (Å²) in [5.41, 5.74) is 5.35. The van der Waals surface area contributed by atoms with Gasteiger partial charge in [0.2, 0.25) is 0 Å². The van der Waals surface area contributed by atoms with Crippen LogP contribution in [0.25, 0.3) is 17.2 Å². The number of aromatic nitrogens is 1. The van der Waals surface area contributed by atoms with Crippen LogP contribution in [0.4, 0.5) is 10.2 Å². The van der Waals surface area contributed by atoms with Crippen LogP contribution < -0.4 is 9.64 Å². The van der Waals surface area contributed by atoms with E-state index in [9.17, 15) is 4.79 Å². The first-order valence-corrected chi connectivity index (χ1v) is 9.98. The summed E-state index contributed by atoms with van der Waals surface area (Å²) >= 11 is 0. The summed E-state index contributed by atoms with van der Waals surface area (Å²) in [7, 11) is 6.62. The molecule has 2 rings (SSSR count). The standard InChI is InChI=1S/C24H31FN2O3/c1-9-11-17-14(3)18(12-20(25)23(17)30-8)22-16(10-2)24(27(5)6)26-15(4)19(22)13-21(28)29-7/h10,12H,2,9,11,13H2,1,3-8H3. The predicted molar refractivity (Wildman–Crippen MR) is 120 cm³/mol. The summed E-state index contributed by atoms with van der Waals surface area (Å²) in [6.07, 6.45) is 3.27. The van der Waals surface area contributed by atoms with Gasteiger partial charge in [0.15, 0.2) is 11.6 Å². The Labute approximate surface area is 178 Å². The number of carbonyl (C=O) groups is 1. The molecule has 0 saturated carbocycles. The van der Waals surface area contributed by atoms with Gasteiger partial charge in [0.1, 0.15) is 5.82 Å². The monoisotopic (exact) mass is 414 g/mol. The third kappa shape index (κ3) is 4.32. The molecule has 0 spiro atoms. The Hall–Kier alpha value is -2.89. The molecule has 30 heavy (non-hydrogen) atoms. The average Bonchev–Trinajstić information content (AvgIpc) is 2.71. The number of benzene rings is 1. The molecule has 1 aromatic carbocycles. The highest BCUT2D eigenvalue weighted by Gasteiger charge is 2.25. The summed E-state index contributed by atoms with van der Waals surface area (Å²) in [5.74, 6) is 0.167. The van der Waals surface area contributed by atoms with Gasteiger partial charge in [0.25, 0.3) is 0 Å². The Bertz CT molecular complexity index is 968. The van der Waals surface area contributed by atoms with E-state index in [2.05, 4.69) is 11.6 Å². The Morgan fingerprint density at radius 1 is 1.27 bits per heavy atom. The van der Waals surface area contributed by atoms with Gasteiger partial charge in [-0.25, -0.2) is 9.37 Å². The maximum atomic E-state index is 15.1. The zero-order valence-corrected chi connectivity index (χ0v) is 19.0. The third-order valence-electron chi connectivity index (χ3n) is 5.29. The number of pyridine rings is 1. The number of carbonyl (C=O) groups excluding carboxylic acids is 1. The molecule has 6 heteroatoms. The second-order valence-electron chi connectivity index (χ2n) is 7.43. The number of aryl methyl sites for hydroxylation is 1. The van der Waals surface area contributed by atoms with Crippen molar-refractivity contribution in [2.45, 2.75) is 40.0 Å². The molecule has 162 valence electrons. The van der Waals surface area contributed by atoms with Crippen LogP contribution >= 0.6 is 0 Å². The van der Waals surface area contributed by atoms with Gasteiger partial charge in [0, 0.05) is 30.9 Å². The lowest BCUT2D eigenvalue weighted by molar-refractivity contribution is -0.139. The summed E-state index contributed by atoms with van der Waals surface area (Å²) in [4.78, 5) is 18.8. The minimum atomic E-state index is -0.429. The molecule has 2 aromatic rings. The maximum absolute atomic E-state index is 15.1. The van der Waals surface area contributed by atoms with Crippen molar-refractivity contribution in [3.8, 4) is 16.9 Å². The summed E-state index contributed by atoms with van der Waals surface area (Å²) in [6.45, 7) is 9.83. The fourth-order valence-corrected chi connectivity index (χ4v) is 3.83. The van der Waals surface area contributed by atoms with Crippen LogP contribution in [-0.2, 0) is 22.4 Å². The van der Waals surface area contributed by atoms with Crippen LogP contribution in [0.3, 0.4) is 0 Å². The lowest BCUT2D eigenvalue weighted by Crippen LogP contribution is -2.17. The van der Waals surface area contributed by atoms with Crippen LogP contribution in [0.2, 0.25) is 0 Å². The molecule has 0 aliphatic heterocycles. The Morgan fingerprint density at radius 3 is 2.43 bits per heavy atom. The van der Waals surface area contributed by atoms with Crippen LogP contribution in [0.1, 0.15) is 41.3 Å². The van der Waals surface area contributed by atoms with Gasteiger partial charge in [-0.1, -0.05) is 26.0 Å². The van der Waals surface area contributed by atoms with Crippen LogP contribution in [-0.4, -0.2) is 39.3 Å². The highest BCUT2D eigenvalue weighted by atomic mass is 19.1. The van der Waals surface area contributed by atoms with E-state index in [1.165, 1.54) is 20.3 Å². The van der Waals surface area contributed by atoms with E-state index < -0.39 is 5.82 Å². The minimum Gasteiger partial charge on any atom is -0.493 e. The molecular weight excluding hydrogens is 383 g/mol. The quantitative estimate of drug-likeness (QED) is 0.576. The third-order valence-corrected chi connectivity index (χ3v) is 5.29. The van der Waals surface area contributed by atoms with E-state index in [-0.39, 0.29) is 18.1 Å². The van der Waals surface area contributed by atoms with Crippen molar-refractivity contribution in [3.05, 3.63) is 46.4 Å². The fraction of sp³-hybridized carbons (Fsp3) is 0.417. The average molecular weight is 415 g/mol. The van der Waals surface area contributed by atoms with Gasteiger partial charge in [0.05, 0.1) is 20.6 Å². The number of anilines is 1. The van der Waals surface area contributed by atoms with E-state index in [1.807, 2.05) is 39.8 Å². The zero-order valence-electron chi connectivity index (χ0n) is 19.0. The summed E-state index contributed by atoms with van der Waals surface area (Å²) in [6, 6.07) is 1.48.